The molecule has 0 atom stereocenters. The van der Waals surface area contributed by atoms with Crippen LogP contribution >= 0.6 is 11.6 Å². The van der Waals surface area contributed by atoms with Crippen LogP contribution < -0.4 is 0 Å². The molecule has 0 bridgehead atoms. The third kappa shape index (κ3) is 1.17. The van der Waals surface area contributed by atoms with Crippen molar-refractivity contribution in [2.24, 2.45) is 0 Å². The van der Waals surface area contributed by atoms with E-state index in [9.17, 15) is 0 Å². The molecule has 1 aliphatic rings. The maximum absolute atomic E-state index is 5.71. The standard InChI is InChI=1S/C9H8Cl/c10-9-5-3-8(4-6-9)7-1-2-7/h3,5-7H,1-2H2. The molecular formula is C9H8Cl. The van der Waals surface area contributed by atoms with Crippen LogP contribution in [0, 0.1) is 6.07 Å². The van der Waals surface area contributed by atoms with Gasteiger partial charge in [0, 0.05) is 5.02 Å². The zero-order valence-corrected chi connectivity index (χ0v) is 6.36. The lowest BCUT2D eigenvalue weighted by atomic mass is 10.1. The van der Waals surface area contributed by atoms with Crippen molar-refractivity contribution in [3.8, 4) is 0 Å². The Morgan fingerprint density at radius 1 is 1.40 bits per heavy atom. The van der Waals surface area contributed by atoms with Crippen molar-refractivity contribution in [2.45, 2.75) is 18.8 Å². The largest absolute Gasteiger partial charge is 0.0843 e. The zero-order chi connectivity index (χ0) is 6.97. The average molecular weight is 152 g/mol. The van der Waals surface area contributed by atoms with Gasteiger partial charge in [-0.1, -0.05) is 17.7 Å². The van der Waals surface area contributed by atoms with Crippen LogP contribution in [-0.2, 0) is 0 Å². The molecule has 1 radical (unpaired) electrons. The fraction of sp³-hybridized carbons (Fsp3) is 0.333. The van der Waals surface area contributed by atoms with E-state index < -0.39 is 0 Å². The Bertz CT molecular complexity index is 221. The molecule has 0 unspecified atom stereocenters. The summed E-state index contributed by atoms with van der Waals surface area (Å²) >= 11 is 5.71. The van der Waals surface area contributed by atoms with E-state index in [2.05, 4.69) is 12.1 Å². The smallest absolute Gasteiger partial charge is 0.0412 e. The first kappa shape index (κ1) is 6.23. The van der Waals surface area contributed by atoms with Crippen molar-refractivity contribution in [3.63, 3.8) is 0 Å². The van der Waals surface area contributed by atoms with E-state index in [4.69, 9.17) is 11.6 Å². The Morgan fingerprint density at radius 2 is 2.20 bits per heavy atom. The Labute approximate surface area is 65.8 Å². The van der Waals surface area contributed by atoms with E-state index in [1.165, 1.54) is 18.4 Å². The van der Waals surface area contributed by atoms with Crippen molar-refractivity contribution >= 4 is 11.6 Å². The molecule has 1 fully saturated rings. The second kappa shape index (κ2) is 2.28. The van der Waals surface area contributed by atoms with Crippen LogP contribution in [-0.4, -0.2) is 0 Å². The Hall–Kier alpha value is -0.490. The van der Waals surface area contributed by atoms with Gasteiger partial charge in [-0.3, -0.25) is 0 Å². The number of halogens is 1. The number of benzene rings is 1. The van der Waals surface area contributed by atoms with Gasteiger partial charge >= 0.3 is 0 Å². The minimum Gasteiger partial charge on any atom is -0.0843 e. The minimum atomic E-state index is 0.782. The van der Waals surface area contributed by atoms with E-state index >= 15 is 0 Å². The Balaban J connectivity index is 2.28. The van der Waals surface area contributed by atoms with Crippen LogP contribution in [0.3, 0.4) is 0 Å². The highest BCUT2D eigenvalue weighted by Gasteiger charge is 2.22. The van der Waals surface area contributed by atoms with E-state index in [-0.39, 0.29) is 0 Å². The molecule has 10 heavy (non-hydrogen) atoms. The first-order chi connectivity index (χ1) is 4.86. The van der Waals surface area contributed by atoms with Crippen LogP contribution in [0.1, 0.15) is 24.3 Å². The molecule has 0 nitrogen and oxygen atoms in total. The Kier molecular flexibility index (Phi) is 1.42. The summed E-state index contributed by atoms with van der Waals surface area (Å²) in [5.41, 5.74) is 1.32. The van der Waals surface area contributed by atoms with Gasteiger partial charge < -0.3 is 0 Å². The lowest BCUT2D eigenvalue weighted by Gasteiger charge is -1.94. The SMILES string of the molecule is Clc1c[c]c(C2CC2)cc1. The summed E-state index contributed by atoms with van der Waals surface area (Å²) in [5, 5.41) is 0.782. The molecule has 1 aromatic rings. The number of hydrogen-bond donors (Lipinski definition) is 0. The van der Waals surface area contributed by atoms with Gasteiger partial charge in [-0.05, 0) is 42.5 Å². The lowest BCUT2D eigenvalue weighted by molar-refractivity contribution is 1.13. The molecule has 0 N–H and O–H groups in total. The molecule has 0 aromatic heterocycles. The summed E-state index contributed by atoms with van der Waals surface area (Å²) in [5.74, 6) is 0.789. The second-order valence-electron chi connectivity index (χ2n) is 2.74. The Morgan fingerprint density at radius 3 is 2.70 bits per heavy atom. The lowest BCUT2D eigenvalue weighted by Crippen LogP contribution is -1.76. The third-order valence-electron chi connectivity index (χ3n) is 1.82. The number of hydrogen-bond acceptors (Lipinski definition) is 0. The maximum Gasteiger partial charge on any atom is 0.0412 e. The zero-order valence-electron chi connectivity index (χ0n) is 5.60. The normalized spacial score (nSPS) is 17.3. The van der Waals surface area contributed by atoms with E-state index in [0.29, 0.717) is 0 Å². The third-order valence-corrected chi connectivity index (χ3v) is 2.05. The van der Waals surface area contributed by atoms with Crippen LogP contribution in [0.2, 0.25) is 5.02 Å². The predicted molar refractivity (Wildman–Crippen MR) is 42.3 cm³/mol. The molecular weight excluding hydrogens is 144 g/mol. The van der Waals surface area contributed by atoms with Gasteiger partial charge in [-0.2, -0.15) is 0 Å². The molecule has 1 heteroatoms. The van der Waals surface area contributed by atoms with Crippen LogP contribution in [0.15, 0.2) is 18.2 Å². The molecule has 0 heterocycles. The molecule has 2 rings (SSSR count). The molecule has 0 amide bonds. The summed E-state index contributed by atoms with van der Waals surface area (Å²) in [6, 6.07) is 9.01. The average Bonchev–Trinajstić information content (AvgIpc) is 2.71. The van der Waals surface area contributed by atoms with Crippen LogP contribution in [0.25, 0.3) is 0 Å². The number of rotatable bonds is 1. The molecule has 0 spiro atoms. The molecule has 1 aromatic carbocycles. The van der Waals surface area contributed by atoms with Gasteiger partial charge in [0.05, 0.1) is 0 Å². The molecule has 0 aliphatic heterocycles. The summed E-state index contributed by atoms with van der Waals surface area (Å²) in [6.45, 7) is 0. The predicted octanol–water partition coefficient (Wildman–Crippen LogP) is 3.02. The van der Waals surface area contributed by atoms with Crippen molar-refractivity contribution in [3.05, 3.63) is 34.9 Å². The van der Waals surface area contributed by atoms with Gasteiger partial charge in [-0.25, -0.2) is 0 Å². The first-order valence-corrected chi connectivity index (χ1v) is 3.91. The second-order valence-corrected chi connectivity index (χ2v) is 3.17. The van der Waals surface area contributed by atoms with Crippen molar-refractivity contribution in [2.75, 3.05) is 0 Å². The van der Waals surface area contributed by atoms with Crippen LogP contribution in [0.4, 0.5) is 0 Å². The summed E-state index contributed by atoms with van der Waals surface area (Å²) in [4.78, 5) is 0. The van der Waals surface area contributed by atoms with E-state index in [1.54, 1.807) is 0 Å². The topological polar surface area (TPSA) is 0 Å². The molecule has 51 valence electrons. The van der Waals surface area contributed by atoms with Crippen molar-refractivity contribution in [1.29, 1.82) is 0 Å². The van der Waals surface area contributed by atoms with E-state index in [0.717, 1.165) is 10.9 Å². The van der Waals surface area contributed by atoms with Gasteiger partial charge in [0.15, 0.2) is 0 Å². The fourth-order valence-electron chi connectivity index (χ4n) is 1.07. The monoisotopic (exact) mass is 151 g/mol. The van der Waals surface area contributed by atoms with Gasteiger partial charge in [0.1, 0.15) is 0 Å². The molecule has 1 saturated carbocycles. The van der Waals surface area contributed by atoms with Crippen molar-refractivity contribution in [1.82, 2.24) is 0 Å². The van der Waals surface area contributed by atoms with Gasteiger partial charge in [0.2, 0.25) is 0 Å². The van der Waals surface area contributed by atoms with Crippen molar-refractivity contribution < 1.29 is 0 Å². The fourth-order valence-corrected chi connectivity index (χ4v) is 1.18. The highest BCUT2D eigenvalue weighted by molar-refractivity contribution is 6.30. The van der Waals surface area contributed by atoms with Crippen LogP contribution in [0.5, 0.6) is 0 Å². The summed E-state index contributed by atoms with van der Waals surface area (Å²) in [6.07, 6.45) is 2.66. The summed E-state index contributed by atoms with van der Waals surface area (Å²) in [7, 11) is 0. The highest BCUT2D eigenvalue weighted by atomic mass is 35.5. The highest BCUT2D eigenvalue weighted by Crippen LogP contribution is 2.39. The van der Waals surface area contributed by atoms with Gasteiger partial charge in [-0.15, -0.1) is 0 Å². The minimum absolute atomic E-state index is 0.782. The molecule has 0 saturated heterocycles. The quantitative estimate of drug-likeness (QED) is 0.579. The van der Waals surface area contributed by atoms with Gasteiger partial charge in [0.25, 0.3) is 0 Å². The maximum atomic E-state index is 5.71. The molecule has 1 aliphatic carbocycles. The first-order valence-electron chi connectivity index (χ1n) is 3.53. The van der Waals surface area contributed by atoms with E-state index in [1.807, 2.05) is 12.1 Å². The summed E-state index contributed by atoms with van der Waals surface area (Å²) < 4.78 is 0.